The van der Waals surface area contributed by atoms with Crippen LogP contribution in [0.5, 0.6) is 5.75 Å². The van der Waals surface area contributed by atoms with Crippen LogP contribution in [-0.2, 0) is 16.0 Å². The van der Waals surface area contributed by atoms with E-state index in [4.69, 9.17) is 13.9 Å². The first kappa shape index (κ1) is 37.4. The van der Waals surface area contributed by atoms with Crippen molar-refractivity contribution in [2.45, 2.75) is 120 Å². The minimum atomic E-state index is -0.333. The number of carbonyl (C=O) groups excluding carboxylic acids is 1. The van der Waals surface area contributed by atoms with E-state index >= 15 is 0 Å². The lowest BCUT2D eigenvalue weighted by Crippen LogP contribution is -2.33. The van der Waals surface area contributed by atoms with Gasteiger partial charge in [0.15, 0.2) is 0 Å². The first-order valence-corrected chi connectivity index (χ1v) is 17.6. The number of aryl methyl sites for hydroxylation is 1. The van der Waals surface area contributed by atoms with Crippen LogP contribution in [0.4, 0.5) is 0 Å². The number of benzene rings is 2. The van der Waals surface area contributed by atoms with Gasteiger partial charge in [-0.1, -0.05) is 99.4 Å². The Morgan fingerprint density at radius 3 is 2.09 bits per heavy atom. The van der Waals surface area contributed by atoms with Crippen molar-refractivity contribution in [2.75, 3.05) is 13.2 Å². The Hall–Kier alpha value is -3.08. The predicted octanol–water partition coefficient (Wildman–Crippen LogP) is 11.0. The largest absolute Gasteiger partial charge is 0.493 e. The Labute approximate surface area is 278 Å². The van der Waals surface area contributed by atoms with Crippen LogP contribution in [-0.4, -0.2) is 19.2 Å². The molecule has 0 bridgehead atoms. The van der Waals surface area contributed by atoms with Gasteiger partial charge >= 0.3 is 11.6 Å². The van der Waals surface area contributed by atoms with Crippen molar-refractivity contribution in [3.05, 3.63) is 64.5 Å². The summed E-state index contributed by atoms with van der Waals surface area (Å²) in [5.41, 5.74) is 2.93. The molecule has 0 spiro atoms. The number of unbranched alkanes of at least 4 members (excludes halogenated alkanes) is 2. The van der Waals surface area contributed by atoms with Crippen molar-refractivity contribution < 1.29 is 18.7 Å². The lowest BCUT2D eigenvalue weighted by Gasteiger charge is -2.33. The van der Waals surface area contributed by atoms with Gasteiger partial charge in [-0.05, 0) is 96.9 Å². The van der Waals surface area contributed by atoms with Crippen LogP contribution in [0.15, 0.2) is 57.7 Å². The maximum absolute atomic E-state index is 12.9. The molecule has 3 aromatic rings. The molecule has 0 radical (unpaired) electrons. The molecule has 5 nitrogen and oxygen atoms in total. The molecule has 5 heteroatoms. The molecule has 0 aliphatic rings. The fraction of sp³-hybridized carbons (Fsp3) is 0.610. The zero-order chi connectivity index (χ0) is 33.9. The molecule has 0 aliphatic carbocycles. The molecule has 254 valence electrons. The molecular formula is C41H60O5. The predicted molar refractivity (Wildman–Crippen MR) is 191 cm³/mol. The van der Waals surface area contributed by atoms with Crippen LogP contribution in [0.25, 0.3) is 22.1 Å². The topological polar surface area (TPSA) is 65.7 Å². The van der Waals surface area contributed by atoms with E-state index < -0.39 is 0 Å². The standard InChI is InChI=1S/C41H60O5/c1-10-11-12-17-31-18-20-32(21-19-31)35-26-33-22-23-34(27-37(33)46-38(35)42)44-24-13-15-29(2)30(3)16-14-25-45-39(43)36(41(7,8)9)28-40(4,5)6/h18-23,26-27,29-30,36H,10-17,24-25,28H2,1-9H3. The van der Waals surface area contributed by atoms with E-state index in [-0.39, 0.29) is 28.3 Å². The van der Waals surface area contributed by atoms with E-state index in [1.165, 1.54) is 24.8 Å². The molecule has 3 rings (SSSR count). The second kappa shape index (κ2) is 17.2. The van der Waals surface area contributed by atoms with Crippen molar-refractivity contribution in [3.63, 3.8) is 0 Å². The second-order valence-electron chi connectivity index (χ2n) is 15.7. The molecule has 1 aromatic heterocycles. The Morgan fingerprint density at radius 1 is 0.826 bits per heavy atom. The van der Waals surface area contributed by atoms with Crippen LogP contribution in [0, 0.1) is 28.6 Å². The van der Waals surface area contributed by atoms with E-state index in [0.29, 0.717) is 41.9 Å². The molecule has 46 heavy (non-hydrogen) atoms. The first-order chi connectivity index (χ1) is 21.7. The van der Waals surface area contributed by atoms with Gasteiger partial charge in [-0.3, -0.25) is 4.79 Å². The average Bonchev–Trinajstić information content (AvgIpc) is 2.99. The number of ether oxygens (including phenoxy) is 2. The molecule has 0 saturated carbocycles. The van der Waals surface area contributed by atoms with Gasteiger partial charge in [0.1, 0.15) is 11.3 Å². The second-order valence-corrected chi connectivity index (χ2v) is 15.7. The number of rotatable bonds is 17. The third-order valence-corrected chi connectivity index (χ3v) is 9.28. The maximum atomic E-state index is 12.9. The summed E-state index contributed by atoms with van der Waals surface area (Å²) in [5, 5.41) is 0.880. The Bertz CT molecular complexity index is 1420. The van der Waals surface area contributed by atoms with Gasteiger partial charge < -0.3 is 13.9 Å². The van der Waals surface area contributed by atoms with Gasteiger partial charge in [0.05, 0.1) is 24.7 Å². The summed E-state index contributed by atoms with van der Waals surface area (Å²) >= 11 is 0. The van der Waals surface area contributed by atoms with Gasteiger partial charge in [-0.15, -0.1) is 0 Å². The number of hydrogen-bond acceptors (Lipinski definition) is 5. The molecule has 3 unspecified atom stereocenters. The van der Waals surface area contributed by atoms with Crippen molar-refractivity contribution in [2.24, 2.45) is 28.6 Å². The van der Waals surface area contributed by atoms with Gasteiger partial charge in [0.2, 0.25) is 0 Å². The SMILES string of the molecule is CCCCCc1ccc(-c2cc3ccc(OCCCC(C)C(C)CCCOC(=O)C(CC(C)(C)C)C(C)(C)C)cc3oc2=O)cc1. The molecule has 2 aromatic carbocycles. The van der Waals surface area contributed by atoms with Crippen molar-refractivity contribution >= 4 is 16.9 Å². The zero-order valence-corrected chi connectivity index (χ0v) is 30.2. The molecule has 0 saturated heterocycles. The lowest BCUT2D eigenvalue weighted by molar-refractivity contribution is -0.154. The third kappa shape index (κ3) is 11.9. The van der Waals surface area contributed by atoms with Gasteiger partial charge in [0, 0.05) is 11.5 Å². The van der Waals surface area contributed by atoms with E-state index in [9.17, 15) is 9.59 Å². The van der Waals surface area contributed by atoms with Crippen molar-refractivity contribution in [1.82, 2.24) is 0 Å². The molecular weight excluding hydrogens is 572 g/mol. The monoisotopic (exact) mass is 632 g/mol. The third-order valence-electron chi connectivity index (χ3n) is 9.28. The highest BCUT2D eigenvalue weighted by molar-refractivity contribution is 5.82. The first-order valence-electron chi connectivity index (χ1n) is 17.6. The van der Waals surface area contributed by atoms with Gasteiger partial charge in [-0.2, -0.15) is 0 Å². The Kier molecular flexibility index (Phi) is 14.0. The van der Waals surface area contributed by atoms with E-state index in [1.54, 1.807) is 0 Å². The van der Waals surface area contributed by atoms with Crippen molar-refractivity contribution in [1.29, 1.82) is 0 Å². The molecule has 3 atom stereocenters. The highest BCUT2D eigenvalue weighted by Crippen LogP contribution is 2.37. The van der Waals surface area contributed by atoms with Crippen LogP contribution >= 0.6 is 0 Å². The zero-order valence-electron chi connectivity index (χ0n) is 30.2. The molecule has 0 N–H and O–H groups in total. The van der Waals surface area contributed by atoms with Crippen molar-refractivity contribution in [3.8, 4) is 16.9 Å². The molecule has 1 heterocycles. The van der Waals surface area contributed by atoms with Crippen LogP contribution in [0.2, 0.25) is 0 Å². The number of esters is 1. The average molecular weight is 633 g/mol. The quantitative estimate of drug-likeness (QED) is 0.0841. The number of carbonyl (C=O) groups is 1. The molecule has 0 fully saturated rings. The summed E-state index contributed by atoms with van der Waals surface area (Å²) in [6.07, 6.45) is 9.44. The normalized spacial score (nSPS) is 14.2. The fourth-order valence-electron chi connectivity index (χ4n) is 6.01. The fourth-order valence-corrected chi connectivity index (χ4v) is 6.01. The smallest absolute Gasteiger partial charge is 0.344 e. The molecule has 0 amide bonds. The van der Waals surface area contributed by atoms with E-state index in [1.807, 2.05) is 36.4 Å². The van der Waals surface area contributed by atoms with Gasteiger partial charge in [-0.25, -0.2) is 4.79 Å². The molecule has 0 aliphatic heterocycles. The summed E-state index contributed by atoms with van der Waals surface area (Å²) in [5.74, 6) is 1.63. The van der Waals surface area contributed by atoms with Crippen LogP contribution in [0.1, 0.15) is 119 Å². The summed E-state index contributed by atoms with van der Waals surface area (Å²) in [6, 6.07) is 15.9. The summed E-state index contributed by atoms with van der Waals surface area (Å²) in [4.78, 5) is 25.7. The lowest BCUT2D eigenvalue weighted by atomic mass is 9.72. The highest BCUT2D eigenvalue weighted by Gasteiger charge is 2.35. The Morgan fingerprint density at radius 2 is 1.48 bits per heavy atom. The van der Waals surface area contributed by atoms with E-state index in [2.05, 4.69) is 74.4 Å². The number of fused-ring (bicyclic) bond motifs is 1. The van der Waals surface area contributed by atoms with E-state index in [0.717, 1.165) is 49.5 Å². The van der Waals surface area contributed by atoms with Crippen LogP contribution < -0.4 is 10.4 Å². The minimum absolute atomic E-state index is 0.0588. The maximum Gasteiger partial charge on any atom is 0.344 e. The summed E-state index contributed by atoms with van der Waals surface area (Å²) in [7, 11) is 0. The minimum Gasteiger partial charge on any atom is -0.493 e. The Balaban J connectivity index is 1.42. The number of hydrogen-bond donors (Lipinski definition) is 0. The highest BCUT2D eigenvalue weighted by atomic mass is 16.5. The summed E-state index contributed by atoms with van der Waals surface area (Å²) in [6.45, 7) is 20.8. The summed E-state index contributed by atoms with van der Waals surface area (Å²) < 4.78 is 17.5. The van der Waals surface area contributed by atoms with Crippen LogP contribution in [0.3, 0.4) is 0 Å². The van der Waals surface area contributed by atoms with Gasteiger partial charge in [0.25, 0.3) is 0 Å².